The van der Waals surface area contributed by atoms with Gasteiger partial charge in [0.2, 0.25) is 15.9 Å². The fraction of sp³-hybridized carbons (Fsp3) is 0.200. The molecule has 1 amide bonds. The number of halogens is 3. The Kier molecular flexibility index (Phi) is 6.76. The Morgan fingerprint density at radius 2 is 1.77 bits per heavy atom. The number of hydrogen-bond donors (Lipinski definition) is 2. The number of aryl methyl sites for hydroxylation is 2. The highest BCUT2D eigenvalue weighted by molar-refractivity contribution is 7.89. The lowest BCUT2D eigenvalue weighted by Crippen LogP contribution is -2.33. The molecule has 0 aliphatic rings. The van der Waals surface area contributed by atoms with Crippen molar-refractivity contribution in [3.05, 3.63) is 78.0 Å². The lowest BCUT2D eigenvalue weighted by atomic mass is 10.1. The van der Waals surface area contributed by atoms with E-state index in [9.17, 15) is 26.4 Å². The second-order valence-electron chi connectivity index (χ2n) is 6.57. The van der Waals surface area contributed by atoms with Crippen LogP contribution in [-0.4, -0.2) is 30.7 Å². The van der Waals surface area contributed by atoms with Gasteiger partial charge in [-0.05, 0) is 30.2 Å². The van der Waals surface area contributed by atoms with Crippen LogP contribution in [0.25, 0.3) is 0 Å². The van der Waals surface area contributed by atoms with Crippen LogP contribution < -0.4 is 10.0 Å². The maximum Gasteiger partial charge on any atom is 0.416 e. The van der Waals surface area contributed by atoms with Gasteiger partial charge in [-0.1, -0.05) is 36.4 Å². The molecule has 2 N–H and O–H groups in total. The molecule has 0 aliphatic heterocycles. The zero-order valence-corrected chi connectivity index (χ0v) is 16.9. The minimum Gasteiger partial charge on any atom is -0.310 e. The summed E-state index contributed by atoms with van der Waals surface area (Å²) in [6.07, 6.45) is -2.51. The fourth-order valence-corrected chi connectivity index (χ4v) is 3.79. The summed E-state index contributed by atoms with van der Waals surface area (Å²) < 4.78 is 66.5. The van der Waals surface area contributed by atoms with Crippen LogP contribution >= 0.6 is 0 Å². The molecule has 31 heavy (non-hydrogen) atoms. The van der Waals surface area contributed by atoms with E-state index in [2.05, 4.69) is 10.4 Å². The van der Waals surface area contributed by atoms with E-state index in [1.165, 1.54) is 6.20 Å². The number of amides is 1. The maximum atomic E-state index is 12.8. The minimum absolute atomic E-state index is 0.374. The largest absolute Gasteiger partial charge is 0.416 e. The number of anilines is 1. The summed E-state index contributed by atoms with van der Waals surface area (Å²) in [6, 6.07) is 14.5. The van der Waals surface area contributed by atoms with Crippen LogP contribution in [0.5, 0.6) is 0 Å². The van der Waals surface area contributed by atoms with Gasteiger partial charge in [-0.3, -0.25) is 4.79 Å². The Labute approximate surface area is 176 Å². The summed E-state index contributed by atoms with van der Waals surface area (Å²) in [5, 5.41) is 6.67. The van der Waals surface area contributed by atoms with Gasteiger partial charge in [0.1, 0.15) is 5.82 Å². The van der Waals surface area contributed by atoms with E-state index in [4.69, 9.17) is 0 Å². The molecule has 7 nitrogen and oxygen atoms in total. The van der Waals surface area contributed by atoms with Crippen LogP contribution in [0.2, 0.25) is 0 Å². The number of aromatic nitrogens is 2. The molecule has 11 heteroatoms. The molecule has 3 rings (SSSR count). The molecule has 0 saturated heterocycles. The molecule has 2 aromatic carbocycles. The van der Waals surface area contributed by atoms with Crippen molar-refractivity contribution >= 4 is 21.7 Å². The van der Waals surface area contributed by atoms with Crippen LogP contribution in [-0.2, 0) is 34.0 Å². The Morgan fingerprint density at radius 3 is 2.48 bits per heavy atom. The number of benzene rings is 2. The number of rotatable bonds is 8. The molecular weight excluding hydrogens is 433 g/mol. The molecule has 164 valence electrons. The summed E-state index contributed by atoms with van der Waals surface area (Å²) in [5.41, 5.74) is -0.00809. The smallest absolute Gasteiger partial charge is 0.310 e. The van der Waals surface area contributed by atoms with E-state index >= 15 is 0 Å². The Morgan fingerprint density at radius 1 is 1.03 bits per heavy atom. The molecule has 0 atom stereocenters. The second kappa shape index (κ2) is 9.31. The normalized spacial score (nSPS) is 12.0. The highest BCUT2D eigenvalue weighted by Crippen LogP contribution is 2.30. The number of carbonyl (C=O) groups is 1. The molecule has 0 bridgehead atoms. The molecule has 3 aromatic rings. The molecule has 0 aliphatic carbocycles. The number of carbonyl (C=O) groups excluding carboxylic acids is 1. The summed E-state index contributed by atoms with van der Waals surface area (Å²) in [6.45, 7) is -0.162. The first-order chi connectivity index (χ1) is 14.6. The van der Waals surface area contributed by atoms with Crippen molar-refractivity contribution in [2.24, 2.45) is 0 Å². The fourth-order valence-electron chi connectivity index (χ4n) is 2.77. The van der Waals surface area contributed by atoms with Crippen LogP contribution in [0.15, 0.2) is 71.8 Å². The quantitative estimate of drug-likeness (QED) is 0.550. The standard InChI is InChI=1S/C20H19F3N4O3S/c21-20(22,23)16-7-4-8-17(13-16)31(29,30)25-14-19(28)26-18-9-11-24-27(18)12-10-15-5-2-1-3-6-15/h1-9,11,13,25H,10,12,14H2,(H,26,28). The first-order valence-electron chi connectivity index (χ1n) is 9.18. The monoisotopic (exact) mass is 452 g/mol. The van der Waals surface area contributed by atoms with Crippen LogP contribution in [0.3, 0.4) is 0 Å². The predicted molar refractivity (Wildman–Crippen MR) is 108 cm³/mol. The summed E-state index contributed by atoms with van der Waals surface area (Å²) in [7, 11) is -4.31. The van der Waals surface area contributed by atoms with Crippen LogP contribution in [0.1, 0.15) is 11.1 Å². The highest BCUT2D eigenvalue weighted by Gasteiger charge is 2.31. The first-order valence-corrected chi connectivity index (χ1v) is 10.7. The van der Waals surface area contributed by atoms with Crippen molar-refractivity contribution in [3.8, 4) is 0 Å². The van der Waals surface area contributed by atoms with Gasteiger partial charge >= 0.3 is 6.18 Å². The third kappa shape index (κ3) is 6.15. The molecule has 1 heterocycles. The van der Waals surface area contributed by atoms with E-state index in [0.29, 0.717) is 24.8 Å². The first kappa shape index (κ1) is 22.5. The van der Waals surface area contributed by atoms with Gasteiger partial charge in [-0.2, -0.15) is 18.3 Å². The van der Waals surface area contributed by atoms with Crippen molar-refractivity contribution in [3.63, 3.8) is 0 Å². The lowest BCUT2D eigenvalue weighted by Gasteiger charge is -2.11. The predicted octanol–water partition coefficient (Wildman–Crippen LogP) is 3.06. The van der Waals surface area contributed by atoms with Crippen molar-refractivity contribution in [2.45, 2.75) is 24.0 Å². The summed E-state index contributed by atoms with van der Waals surface area (Å²) in [4.78, 5) is 11.6. The summed E-state index contributed by atoms with van der Waals surface area (Å²) >= 11 is 0. The van der Waals surface area contributed by atoms with E-state index < -0.39 is 39.1 Å². The SMILES string of the molecule is O=C(CNS(=O)(=O)c1cccc(C(F)(F)F)c1)Nc1ccnn1CCc1ccccc1. The van der Waals surface area contributed by atoms with Crippen molar-refractivity contribution in [2.75, 3.05) is 11.9 Å². The second-order valence-corrected chi connectivity index (χ2v) is 8.34. The molecule has 0 saturated carbocycles. The minimum atomic E-state index is -4.68. The molecule has 0 unspecified atom stereocenters. The van der Waals surface area contributed by atoms with Crippen LogP contribution in [0, 0.1) is 0 Å². The van der Waals surface area contributed by atoms with E-state index in [1.54, 1.807) is 10.7 Å². The number of nitrogens with zero attached hydrogens (tertiary/aromatic N) is 2. The number of alkyl halides is 3. The van der Waals surface area contributed by atoms with Gasteiger partial charge in [0.25, 0.3) is 0 Å². The van der Waals surface area contributed by atoms with Gasteiger partial charge in [0, 0.05) is 12.6 Å². The topological polar surface area (TPSA) is 93.1 Å². The number of hydrogen-bond acceptors (Lipinski definition) is 4. The highest BCUT2D eigenvalue weighted by atomic mass is 32.2. The molecule has 0 spiro atoms. The van der Waals surface area contributed by atoms with Crippen LogP contribution in [0.4, 0.5) is 19.0 Å². The average molecular weight is 452 g/mol. The number of nitrogens with one attached hydrogen (secondary N) is 2. The van der Waals surface area contributed by atoms with Gasteiger partial charge < -0.3 is 5.32 Å². The Balaban J connectivity index is 1.59. The van der Waals surface area contributed by atoms with E-state index in [-0.39, 0.29) is 0 Å². The van der Waals surface area contributed by atoms with Gasteiger partial charge in [0.15, 0.2) is 0 Å². The Bertz CT molecular complexity index is 1150. The van der Waals surface area contributed by atoms with E-state index in [0.717, 1.165) is 23.8 Å². The van der Waals surface area contributed by atoms with Gasteiger partial charge in [-0.25, -0.2) is 17.8 Å². The third-order valence-corrected chi connectivity index (χ3v) is 5.73. The van der Waals surface area contributed by atoms with Crippen molar-refractivity contribution < 1.29 is 26.4 Å². The zero-order valence-electron chi connectivity index (χ0n) is 16.1. The molecule has 0 fully saturated rings. The van der Waals surface area contributed by atoms with Gasteiger partial charge in [-0.15, -0.1) is 0 Å². The molecular formula is C20H19F3N4O3S. The van der Waals surface area contributed by atoms with Crippen molar-refractivity contribution in [1.82, 2.24) is 14.5 Å². The molecule has 1 aromatic heterocycles. The Hall–Kier alpha value is -3.18. The molecule has 0 radical (unpaired) electrons. The maximum absolute atomic E-state index is 12.8. The summed E-state index contributed by atoms with van der Waals surface area (Å²) in [5.74, 6) is -0.309. The zero-order chi connectivity index (χ0) is 22.5. The van der Waals surface area contributed by atoms with Crippen molar-refractivity contribution in [1.29, 1.82) is 0 Å². The lowest BCUT2D eigenvalue weighted by molar-refractivity contribution is -0.137. The average Bonchev–Trinajstić information content (AvgIpc) is 3.18. The third-order valence-electron chi connectivity index (χ3n) is 4.33. The number of sulfonamides is 1. The van der Waals surface area contributed by atoms with Gasteiger partial charge in [0.05, 0.1) is 23.2 Å². The van der Waals surface area contributed by atoms with E-state index in [1.807, 2.05) is 35.1 Å².